The molecule has 5 nitrogen and oxygen atoms in total. The molecule has 0 aliphatic heterocycles. The minimum absolute atomic E-state index is 0.461. The molecule has 0 amide bonds. The largest absolute Gasteiger partial charge is 0.268 e. The highest BCUT2D eigenvalue weighted by Crippen LogP contribution is 2.03. The Hall–Kier alpha value is -1.30. The zero-order valence-corrected chi connectivity index (χ0v) is 7.51. The molecular weight excluding hydrogens is 222 g/mol. The third-order valence-electron chi connectivity index (χ3n) is 1.19. The standard InChI is InChI=1S/C6H4BrN5/c7-5-4-10-12(11-5)6-8-2-1-3-9-6/h1-4H. The van der Waals surface area contributed by atoms with Gasteiger partial charge in [0.25, 0.3) is 5.95 Å². The topological polar surface area (TPSA) is 56.5 Å². The van der Waals surface area contributed by atoms with Crippen molar-refractivity contribution in [2.75, 3.05) is 0 Å². The summed E-state index contributed by atoms with van der Waals surface area (Å²) < 4.78 is 0.662. The molecule has 60 valence electrons. The van der Waals surface area contributed by atoms with E-state index in [1.54, 1.807) is 24.7 Å². The van der Waals surface area contributed by atoms with Gasteiger partial charge in [-0.2, -0.15) is 5.10 Å². The number of hydrogen-bond acceptors (Lipinski definition) is 4. The highest BCUT2D eigenvalue weighted by molar-refractivity contribution is 9.10. The summed E-state index contributed by atoms with van der Waals surface area (Å²) in [6.45, 7) is 0. The van der Waals surface area contributed by atoms with Crippen LogP contribution in [-0.4, -0.2) is 25.0 Å². The molecule has 0 aromatic carbocycles. The Balaban J connectivity index is 2.45. The first kappa shape index (κ1) is 7.35. The van der Waals surface area contributed by atoms with Gasteiger partial charge in [0.2, 0.25) is 0 Å². The summed E-state index contributed by atoms with van der Waals surface area (Å²) in [5.74, 6) is 0.461. The first-order chi connectivity index (χ1) is 5.86. The molecule has 0 bridgehead atoms. The maximum Gasteiger partial charge on any atom is 0.268 e. The van der Waals surface area contributed by atoms with Crippen LogP contribution in [0.25, 0.3) is 5.95 Å². The first-order valence-corrected chi connectivity index (χ1v) is 4.01. The van der Waals surface area contributed by atoms with Crippen molar-refractivity contribution < 1.29 is 0 Å². The summed E-state index contributed by atoms with van der Waals surface area (Å²) >= 11 is 3.18. The van der Waals surface area contributed by atoms with Crippen LogP contribution in [0, 0.1) is 0 Å². The van der Waals surface area contributed by atoms with Crippen LogP contribution in [-0.2, 0) is 0 Å². The molecule has 2 aromatic rings. The Kier molecular flexibility index (Phi) is 1.83. The minimum atomic E-state index is 0.461. The van der Waals surface area contributed by atoms with E-state index in [2.05, 4.69) is 36.1 Å². The number of rotatable bonds is 1. The Labute approximate surface area is 76.6 Å². The van der Waals surface area contributed by atoms with E-state index in [0.29, 0.717) is 10.6 Å². The van der Waals surface area contributed by atoms with Crippen LogP contribution in [0.5, 0.6) is 0 Å². The van der Waals surface area contributed by atoms with Gasteiger partial charge >= 0.3 is 0 Å². The number of aromatic nitrogens is 5. The van der Waals surface area contributed by atoms with E-state index in [9.17, 15) is 0 Å². The van der Waals surface area contributed by atoms with Crippen molar-refractivity contribution in [2.24, 2.45) is 0 Å². The zero-order valence-electron chi connectivity index (χ0n) is 5.92. The fraction of sp³-hybridized carbons (Fsp3) is 0. The van der Waals surface area contributed by atoms with Gasteiger partial charge in [0.05, 0.1) is 6.20 Å². The van der Waals surface area contributed by atoms with Crippen molar-refractivity contribution in [2.45, 2.75) is 0 Å². The van der Waals surface area contributed by atoms with Crippen molar-refractivity contribution in [1.82, 2.24) is 25.0 Å². The predicted octanol–water partition coefficient (Wildman–Crippen LogP) is 0.820. The molecule has 12 heavy (non-hydrogen) atoms. The van der Waals surface area contributed by atoms with Crippen molar-refractivity contribution in [3.8, 4) is 5.95 Å². The summed E-state index contributed by atoms with van der Waals surface area (Å²) in [7, 11) is 0. The smallest absolute Gasteiger partial charge is 0.218 e. The summed E-state index contributed by atoms with van der Waals surface area (Å²) in [4.78, 5) is 9.29. The molecule has 0 radical (unpaired) electrons. The first-order valence-electron chi connectivity index (χ1n) is 3.21. The van der Waals surface area contributed by atoms with Gasteiger partial charge in [0.15, 0.2) is 0 Å². The monoisotopic (exact) mass is 225 g/mol. The highest BCUT2D eigenvalue weighted by Gasteiger charge is 2.00. The summed E-state index contributed by atoms with van der Waals surface area (Å²) in [6, 6.07) is 1.74. The minimum Gasteiger partial charge on any atom is -0.218 e. The lowest BCUT2D eigenvalue weighted by Gasteiger charge is -1.93. The second-order valence-electron chi connectivity index (χ2n) is 2.01. The van der Waals surface area contributed by atoms with Crippen molar-refractivity contribution in [3.63, 3.8) is 0 Å². The molecular formula is C6H4BrN5. The molecule has 0 N–H and O–H groups in total. The molecule has 0 atom stereocenters. The molecule has 2 aromatic heterocycles. The Morgan fingerprint density at radius 2 is 2.00 bits per heavy atom. The van der Waals surface area contributed by atoms with E-state index in [1.165, 1.54) is 4.80 Å². The summed E-state index contributed by atoms with van der Waals surface area (Å²) in [5.41, 5.74) is 0. The molecule has 0 aliphatic rings. The van der Waals surface area contributed by atoms with Gasteiger partial charge in [-0.25, -0.2) is 9.97 Å². The molecule has 0 aliphatic carbocycles. The van der Waals surface area contributed by atoms with Gasteiger partial charge in [-0.05, 0) is 22.0 Å². The average Bonchev–Trinajstić information content (AvgIpc) is 2.54. The van der Waals surface area contributed by atoms with Gasteiger partial charge < -0.3 is 0 Å². The molecule has 0 saturated carbocycles. The third-order valence-corrected chi connectivity index (χ3v) is 1.56. The quantitative estimate of drug-likeness (QED) is 0.722. The van der Waals surface area contributed by atoms with Crippen molar-refractivity contribution in [1.29, 1.82) is 0 Å². The second kappa shape index (κ2) is 2.98. The number of halogens is 1. The predicted molar refractivity (Wildman–Crippen MR) is 44.6 cm³/mol. The Morgan fingerprint density at radius 1 is 1.25 bits per heavy atom. The van der Waals surface area contributed by atoms with Gasteiger partial charge in [-0.15, -0.1) is 9.90 Å². The molecule has 0 unspecified atom stereocenters. The molecule has 0 fully saturated rings. The van der Waals surface area contributed by atoms with Gasteiger partial charge in [0, 0.05) is 12.4 Å². The third kappa shape index (κ3) is 1.33. The lowest BCUT2D eigenvalue weighted by molar-refractivity contribution is 0.700. The average molecular weight is 226 g/mol. The van der Waals surface area contributed by atoms with Crippen LogP contribution in [0.2, 0.25) is 0 Å². The highest BCUT2D eigenvalue weighted by atomic mass is 79.9. The molecule has 2 rings (SSSR count). The lowest BCUT2D eigenvalue weighted by Crippen LogP contribution is -2.03. The molecule has 6 heteroatoms. The van der Waals surface area contributed by atoms with Crippen molar-refractivity contribution >= 4 is 15.9 Å². The van der Waals surface area contributed by atoms with Crippen LogP contribution < -0.4 is 0 Å². The number of hydrogen-bond donors (Lipinski definition) is 0. The van der Waals surface area contributed by atoms with E-state index in [-0.39, 0.29) is 0 Å². The SMILES string of the molecule is Brc1cnn(-c2ncccn2)n1. The van der Waals surface area contributed by atoms with Gasteiger partial charge in [-0.1, -0.05) is 0 Å². The molecule has 0 spiro atoms. The number of nitrogens with zero attached hydrogens (tertiary/aromatic N) is 5. The summed E-state index contributed by atoms with van der Waals surface area (Å²) in [5, 5.41) is 7.90. The van der Waals surface area contributed by atoms with Crippen LogP contribution in [0.1, 0.15) is 0 Å². The van der Waals surface area contributed by atoms with Crippen LogP contribution in [0.3, 0.4) is 0 Å². The lowest BCUT2D eigenvalue weighted by atomic mass is 10.7. The fourth-order valence-electron chi connectivity index (χ4n) is 0.735. The fourth-order valence-corrected chi connectivity index (χ4v) is 0.977. The van der Waals surface area contributed by atoms with Gasteiger partial charge in [0.1, 0.15) is 4.60 Å². The van der Waals surface area contributed by atoms with E-state index >= 15 is 0 Å². The van der Waals surface area contributed by atoms with E-state index < -0.39 is 0 Å². The van der Waals surface area contributed by atoms with E-state index in [0.717, 1.165) is 0 Å². The van der Waals surface area contributed by atoms with Crippen molar-refractivity contribution in [3.05, 3.63) is 29.3 Å². The van der Waals surface area contributed by atoms with E-state index in [1.807, 2.05) is 0 Å². The van der Waals surface area contributed by atoms with E-state index in [4.69, 9.17) is 0 Å². The van der Waals surface area contributed by atoms with Crippen LogP contribution >= 0.6 is 15.9 Å². The maximum absolute atomic E-state index is 3.98. The van der Waals surface area contributed by atoms with Gasteiger partial charge in [-0.3, -0.25) is 0 Å². The molecule has 2 heterocycles. The normalized spacial score (nSPS) is 10.1. The van der Waals surface area contributed by atoms with Crippen LogP contribution in [0.15, 0.2) is 29.3 Å². The zero-order chi connectivity index (χ0) is 8.39. The second-order valence-corrected chi connectivity index (χ2v) is 2.82. The van der Waals surface area contributed by atoms with Crippen LogP contribution in [0.4, 0.5) is 0 Å². The summed E-state index contributed by atoms with van der Waals surface area (Å²) in [6.07, 6.45) is 4.86. The maximum atomic E-state index is 3.98. The Morgan fingerprint density at radius 3 is 2.58 bits per heavy atom. The Bertz CT molecular complexity index is 370. The molecule has 0 saturated heterocycles.